The van der Waals surface area contributed by atoms with Crippen molar-refractivity contribution in [2.24, 2.45) is 0 Å². The first-order chi connectivity index (χ1) is 8.13. The molecule has 2 rings (SSSR count). The van der Waals surface area contributed by atoms with Crippen LogP contribution in [-0.4, -0.2) is 19.7 Å². The van der Waals surface area contributed by atoms with Crippen molar-refractivity contribution in [2.45, 2.75) is 13.5 Å². The van der Waals surface area contributed by atoms with Crippen LogP contribution in [0.5, 0.6) is 0 Å². The van der Waals surface area contributed by atoms with Crippen LogP contribution in [0.15, 0.2) is 24.5 Å². The highest BCUT2D eigenvalue weighted by Crippen LogP contribution is 2.28. The Kier molecular flexibility index (Phi) is 2.73. The molecule has 1 aromatic heterocycles. The molecule has 0 bridgehead atoms. The smallest absolute Gasteiger partial charge is 0.270 e. The van der Waals surface area contributed by atoms with Gasteiger partial charge < -0.3 is 5.73 Å². The molecule has 0 amide bonds. The van der Waals surface area contributed by atoms with Gasteiger partial charge in [-0.1, -0.05) is 0 Å². The monoisotopic (exact) mass is 233 g/mol. The summed E-state index contributed by atoms with van der Waals surface area (Å²) < 4.78 is 1.63. The summed E-state index contributed by atoms with van der Waals surface area (Å²) in [5.74, 6) is 0.536. The lowest BCUT2D eigenvalue weighted by molar-refractivity contribution is -0.384. The molecule has 0 fully saturated rings. The largest absolute Gasteiger partial charge is 0.398 e. The minimum atomic E-state index is -0.463. The molecule has 0 radical (unpaired) electrons. The summed E-state index contributed by atoms with van der Waals surface area (Å²) in [6, 6.07) is 4.28. The van der Waals surface area contributed by atoms with E-state index < -0.39 is 4.92 Å². The average molecular weight is 233 g/mol. The van der Waals surface area contributed by atoms with Gasteiger partial charge in [-0.2, -0.15) is 5.10 Å². The molecule has 0 atom stereocenters. The van der Waals surface area contributed by atoms with Crippen molar-refractivity contribution < 1.29 is 4.92 Å². The number of hydrogen-bond donors (Lipinski definition) is 1. The van der Waals surface area contributed by atoms with E-state index in [0.29, 0.717) is 23.6 Å². The maximum Gasteiger partial charge on any atom is 0.270 e. The van der Waals surface area contributed by atoms with E-state index in [9.17, 15) is 10.1 Å². The highest BCUT2D eigenvalue weighted by atomic mass is 16.6. The Morgan fingerprint density at radius 2 is 2.29 bits per heavy atom. The molecule has 7 nitrogen and oxygen atoms in total. The van der Waals surface area contributed by atoms with Gasteiger partial charge >= 0.3 is 0 Å². The summed E-state index contributed by atoms with van der Waals surface area (Å²) in [4.78, 5) is 14.3. The number of rotatable bonds is 3. The van der Waals surface area contributed by atoms with Crippen LogP contribution < -0.4 is 5.73 Å². The number of nitrogen functional groups attached to an aromatic ring is 1. The normalized spacial score (nSPS) is 10.4. The summed E-state index contributed by atoms with van der Waals surface area (Å²) in [6.07, 6.45) is 1.40. The number of nitrogens with two attached hydrogens (primary N) is 1. The van der Waals surface area contributed by atoms with E-state index in [4.69, 9.17) is 5.73 Å². The van der Waals surface area contributed by atoms with Crippen molar-refractivity contribution in [3.05, 3.63) is 34.6 Å². The van der Waals surface area contributed by atoms with Crippen LogP contribution in [-0.2, 0) is 6.54 Å². The highest BCUT2D eigenvalue weighted by Gasteiger charge is 2.14. The van der Waals surface area contributed by atoms with Crippen molar-refractivity contribution >= 4 is 11.4 Å². The fraction of sp³-hybridized carbons (Fsp3) is 0.200. The van der Waals surface area contributed by atoms with Crippen LogP contribution in [0, 0.1) is 10.1 Å². The van der Waals surface area contributed by atoms with Gasteiger partial charge in [0.05, 0.1) is 4.92 Å². The molecule has 17 heavy (non-hydrogen) atoms. The molecule has 0 saturated heterocycles. The molecule has 0 spiro atoms. The molecule has 2 N–H and O–H groups in total. The Hall–Kier alpha value is -2.44. The van der Waals surface area contributed by atoms with E-state index in [1.165, 1.54) is 24.5 Å². The molecule has 1 aromatic carbocycles. The summed E-state index contributed by atoms with van der Waals surface area (Å²) in [5, 5.41) is 14.7. The van der Waals surface area contributed by atoms with E-state index in [0.717, 1.165) is 0 Å². The van der Waals surface area contributed by atoms with Gasteiger partial charge in [-0.05, 0) is 13.0 Å². The number of nitro groups is 1. The van der Waals surface area contributed by atoms with Gasteiger partial charge in [0, 0.05) is 29.9 Å². The van der Waals surface area contributed by atoms with E-state index >= 15 is 0 Å². The quantitative estimate of drug-likeness (QED) is 0.491. The predicted molar refractivity (Wildman–Crippen MR) is 62.2 cm³/mol. The molecule has 0 unspecified atom stereocenters. The number of nitro benzene ring substituents is 1. The molecule has 0 aliphatic heterocycles. The summed E-state index contributed by atoms with van der Waals surface area (Å²) in [6.45, 7) is 2.53. The van der Waals surface area contributed by atoms with Gasteiger partial charge in [0.2, 0.25) is 0 Å². The van der Waals surface area contributed by atoms with Crippen LogP contribution in [0.2, 0.25) is 0 Å². The van der Waals surface area contributed by atoms with Crippen molar-refractivity contribution in [2.75, 3.05) is 5.73 Å². The third kappa shape index (κ3) is 1.94. The van der Waals surface area contributed by atoms with Crippen LogP contribution in [0.3, 0.4) is 0 Å². The van der Waals surface area contributed by atoms with Crippen molar-refractivity contribution in [3.63, 3.8) is 0 Å². The van der Waals surface area contributed by atoms with Gasteiger partial charge in [0.25, 0.3) is 5.69 Å². The number of nitrogens with zero attached hydrogens (tertiary/aromatic N) is 4. The van der Waals surface area contributed by atoms with Crippen molar-refractivity contribution in [1.82, 2.24) is 14.8 Å². The topological polar surface area (TPSA) is 99.9 Å². The van der Waals surface area contributed by atoms with E-state index in [1.807, 2.05) is 6.92 Å². The third-order valence-corrected chi connectivity index (χ3v) is 2.40. The lowest BCUT2D eigenvalue weighted by Gasteiger charge is -2.05. The zero-order chi connectivity index (χ0) is 12.4. The molecular formula is C10H11N5O2. The number of anilines is 1. The summed E-state index contributed by atoms with van der Waals surface area (Å²) in [5.41, 5.74) is 6.76. The first-order valence-corrected chi connectivity index (χ1v) is 5.05. The molecule has 0 saturated carbocycles. The number of hydrogen-bond acceptors (Lipinski definition) is 5. The van der Waals surface area contributed by atoms with Crippen molar-refractivity contribution in [3.8, 4) is 11.4 Å². The molecule has 1 heterocycles. The minimum absolute atomic E-state index is 0.0140. The van der Waals surface area contributed by atoms with Crippen LogP contribution in [0.25, 0.3) is 11.4 Å². The van der Waals surface area contributed by atoms with E-state index in [1.54, 1.807) is 4.68 Å². The number of benzene rings is 1. The molecular weight excluding hydrogens is 222 g/mol. The van der Waals surface area contributed by atoms with Crippen LogP contribution in [0.1, 0.15) is 6.92 Å². The minimum Gasteiger partial charge on any atom is -0.398 e. The fourth-order valence-corrected chi connectivity index (χ4v) is 1.56. The fourth-order valence-electron chi connectivity index (χ4n) is 1.56. The van der Waals surface area contributed by atoms with Gasteiger partial charge in [-0.3, -0.25) is 10.1 Å². The van der Waals surface area contributed by atoms with E-state index in [-0.39, 0.29) is 5.69 Å². The Morgan fingerprint density at radius 1 is 1.53 bits per heavy atom. The van der Waals surface area contributed by atoms with Crippen molar-refractivity contribution in [1.29, 1.82) is 0 Å². The Labute approximate surface area is 97.0 Å². The first kappa shape index (κ1) is 11.1. The van der Waals surface area contributed by atoms with Gasteiger partial charge in [-0.15, -0.1) is 0 Å². The maximum atomic E-state index is 10.7. The Bertz CT molecular complexity index is 564. The predicted octanol–water partition coefficient (Wildman–Crippen LogP) is 1.46. The Balaban J connectivity index is 2.58. The van der Waals surface area contributed by atoms with Gasteiger partial charge in [0.1, 0.15) is 6.33 Å². The molecule has 7 heteroatoms. The first-order valence-electron chi connectivity index (χ1n) is 5.05. The summed E-state index contributed by atoms with van der Waals surface area (Å²) >= 11 is 0. The van der Waals surface area contributed by atoms with E-state index in [2.05, 4.69) is 10.1 Å². The van der Waals surface area contributed by atoms with Crippen LogP contribution >= 0.6 is 0 Å². The molecule has 2 aromatic rings. The second-order valence-electron chi connectivity index (χ2n) is 3.43. The lowest BCUT2D eigenvalue weighted by atomic mass is 10.1. The second-order valence-corrected chi connectivity index (χ2v) is 3.43. The zero-order valence-electron chi connectivity index (χ0n) is 9.20. The number of non-ortho nitro benzene ring substituents is 1. The third-order valence-electron chi connectivity index (χ3n) is 2.40. The second kappa shape index (κ2) is 4.20. The molecule has 0 aliphatic rings. The summed E-state index contributed by atoms with van der Waals surface area (Å²) in [7, 11) is 0. The maximum absolute atomic E-state index is 10.7. The molecule has 0 aliphatic carbocycles. The average Bonchev–Trinajstić information content (AvgIpc) is 2.77. The highest BCUT2D eigenvalue weighted by molar-refractivity contribution is 5.74. The Morgan fingerprint density at radius 3 is 2.94 bits per heavy atom. The molecule has 88 valence electrons. The standard InChI is InChI=1S/C10H11N5O2/c1-2-14-10(12-6-13-14)8-5-7(15(16)17)3-4-9(8)11/h3-6H,2,11H2,1H3. The lowest BCUT2D eigenvalue weighted by Crippen LogP contribution is -2.02. The van der Waals surface area contributed by atoms with Gasteiger partial charge in [-0.25, -0.2) is 9.67 Å². The van der Waals surface area contributed by atoms with Gasteiger partial charge in [0.15, 0.2) is 5.82 Å². The number of aryl methyl sites for hydroxylation is 1. The SMILES string of the molecule is CCn1ncnc1-c1cc([N+](=O)[O-])ccc1N. The number of aromatic nitrogens is 3. The zero-order valence-corrected chi connectivity index (χ0v) is 9.20. The van der Waals surface area contributed by atoms with Crippen LogP contribution in [0.4, 0.5) is 11.4 Å².